The van der Waals surface area contributed by atoms with Crippen LogP contribution in [0.2, 0.25) is 0 Å². The first-order valence-electron chi connectivity index (χ1n) is 4.85. The largest absolute Gasteiger partial charge is 0.480 e. The zero-order chi connectivity index (χ0) is 11.8. The van der Waals surface area contributed by atoms with Crippen LogP contribution in [0.5, 0.6) is 0 Å². The van der Waals surface area contributed by atoms with Crippen molar-refractivity contribution in [3.05, 3.63) is 12.7 Å². The lowest BCUT2D eigenvalue weighted by Crippen LogP contribution is -2.46. The van der Waals surface area contributed by atoms with Crippen LogP contribution in [0.15, 0.2) is 12.7 Å². The molecule has 0 aliphatic carbocycles. The summed E-state index contributed by atoms with van der Waals surface area (Å²) in [5.41, 5.74) is 0. The maximum atomic E-state index is 11.2. The molecule has 86 valence electrons. The van der Waals surface area contributed by atoms with Crippen LogP contribution in [0.4, 0.5) is 4.79 Å². The molecule has 0 saturated heterocycles. The third kappa shape index (κ3) is 6.54. The van der Waals surface area contributed by atoms with Gasteiger partial charge in [-0.3, -0.25) is 0 Å². The molecular formula is C10H18N2O3. The summed E-state index contributed by atoms with van der Waals surface area (Å²) >= 11 is 0. The maximum Gasteiger partial charge on any atom is 0.326 e. The number of carbonyl (C=O) groups excluding carboxylic acids is 1. The van der Waals surface area contributed by atoms with Crippen LogP contribution in [0, 0.1) is 5.92 Å². The fourth-order valence-electron chi connectivity index (χ4n) is 0.894. The van der Waals surface area contributed by atoms with Crippen molar-refractivity contribution in [1.29, 1.82) is 0 Å². The van der Waals surface area contributed by atoms with Crippen molar-refractivity contribution >= 4 is 12.0 Å². The smallest absolute Gasteiger partial charge is 0.326 e. The van der Waals surface area contributed by atoms with Gasteiger partial charge in [-0.25, -0.2) is 9.59 Å². The normalized spacial score (nSPS) is 11.9. The molecule has 0 radical (unpaired) electrons. The summed E-state index contributed by atoms with van der Waals surface area (Å²) in [7, 11) is 0. The van der Waals surface area contributed by atoms with Crippen LogP contribution >= 0.6 is 0 Å². The molecule has 1 atom stereocenters. The number of carboxylic acids is 1. The van der Waals surface area contributed by atoms with E-state index in [0.717, 1.165) is 0 Å². The highest BCUT2D eigenvalue weighted by molar-refractivity contribution is 5.82. The number of nitrogens with one attached hydrogen (secondary N) is 2. The molecule has 15 heavy (non-hydrogen) atoms. The van der Waals surface area contributed by atoms with Gasteiger partial charge in [-0.15, -0.1) is 6.58 Å². The molecule has 5 heteroatoms. The zero-order valence-corrected chi connectivity index (χ0v) is 9.12. The second-order valence-corrected chi connectivity index (χ2v) is 3.66. The van der Waals surface area contributed by atoms with Crippen LogP contribution in [0.25, 0.3) is 0 Å². The molecule has 1 unspecified atom stereocenters. The van der Waals surface area contributed by atoms with Crippen molar-refractivity contribution in [3.63, 3.8) is 0 Å². The Morgan fingerprint density at radius 2 is 2.07 bits per heavy atom. The van der Waals surface area contributed by atoms with E-state index in [0.29, 0.717) is 12.5 Å². The fraction of sp³-hybridized carbons (Fsp3) is 0.600. The molecule has 0 spiro atoms. The molecule has 0 heterocycles. The number of aliphatic carboxylic acids is 1. The summed E-state index contributed by atoms with van der Waals surface area (Å²) in [6.45, 7) is 7.86. The lowest BCUT2D eigenvalue weighted by molar-refractivity contribution is -0.139. The molecule has 0 fully saturated rings. The lowest BCUT2D eigenvalue weighted by atomic mass is 10.2. The van der Waals surface area contributed by atoms with Gasteiger partial charge < -0.3 is 15.7 Å². The second kappa shape index (κ2) is 6.86. The highest BCUT2D eigenvalue weighted by Gasteiger charge is 2.17. The Morgan fingerprint density at radius 3 is 2.47 bits per heavy atom. The molecular weight excluding hydrogens is 196 g/mol. The average molecular weight is 214 g/mol. The molecule has 0 rings (SSSR count). The molecule has 0 aromatic heterocycles. The number of amides is 2. The Morgan fingerprint density at radius 1 is 1.47 bits per heavy atom. The third-order valence-corrected chi connectivity index (χ3v) is 1.68. The first-order chi connectivity index (χ1) is 6.97. The van der Waals surface area contributed by atoms with Crippen LogP contribution in [0.3, 0.4) is 0 Å². The number of hydrogen-bond acceptors (Lipinski definition) is 2. The minimum Gasteiger partial charge on any atom is -0.480 e. The van der Waals surface area contributed by atoms with E-state index in [9.17, 15) is 9.59 Å². The lowest BCUT2D eigenvalue weighted by Gasteiger charge is -2.14. The number of rotatable bonds is 6. The van der Waals surface area contributed by atoms with Gasteiger partial charge >= 0.3 is 12.0 Å². The third-order valence-electron chi connectivity index (χ3n) is 1.68. The van der Waals surface area contributed by atoms with Gasteiger partial charge in [0.15, 0.2) is 0 Å². The Hall–Kier alpha value is -1.52. The summed E-state index contributed by atoms with van der Waals surface area (Å²) < 4.78 is 0. The van der Waals surface area contributed by atoms with Gasteiger partial charge in [0.25, 0.3) is 0 Å². The number of carbonyl (C=O) groups is 2. The Balaban J connectivity index is 3.99. The van der Waals surface area contributed by atoms with Crippen LogP contribution in [-0.4, -0.2) is 29.7 Å². The summed E-state index contributed by atoms with van der Waals surface area (Å²) in [5.74, 6) is -0.729. The van der Waals surface area contributed by atoms with E-state index in [1.54, 1.807) is 0 Å². The van der Waals surface area contributed by atoms with Gasteiger partial charge in [-0.05, 0) is 12.3 Å². The molecule has 5 nitrogen and oxygen atoms in total. The maximum absolute atomic E-state index is 11.2. The Kier molecular flexibility index (Phi) is 6.17. The fourth-order valence-corrected chi connectivity index (χ4v) is 0.894. The summed E-state index contributed by atoms with van der Waals surface area (Å²) in [6, 6.07) is -1.37. The van der Waals surface area contributed by atoms with Crippen molar-refractivity contribution in [2.75, 3.05) is 6.54 Å². The van der Waals surface area contributed by atoms with Gasteiger partial charge in [0.1, 0.15) is 6.04 Å². The molecule has 0 aliphatic heterocycles. The van der Waals surface area contributed by atoms with E-state index in [4.69, 9.17) is 5.11 Å². The summed E-state index contributed by atoms with van der Waals surface area (Å²) in [6.07, 6.45) is 1.67. The van der Waals surface area contributed by atoms with Gasteiger partial charge in [-0.2, -0.15) is 0 Å². The molecule has 2 amide bonds. The monoisotopic (exact) mass is 214 g/mol. The highest BCUT2D eigenvalue weighted by atomic mass is 16.4. The number of carboxylic acid groups (broad SMARTS) is 1. The Labute approximate surface area is 89.6 Å². The van der Waals surface area contributed by atoms with Crippen LogP contribution < -0.4 is 10.6 Å². The molecule has 0 aliphatic rings. The standard InChI is InChI=1S/C10H18N2O3/c1-4-5-8(9(13)14)12-10(15)11-6-7(2)3/h4,7-8H,1,5-6H2,2-3H3,(H,13,14)(H2,11,12,15). The van der Waals surface area contributed by atoms with E-state index in [1.807, 2.05) is 13.8 Å². The molecule has 0 saturated carbocycles. The van der Waals surface area contributed by atoms with Gasteiger partial charge in [0, 0.05) is 6.54 Å². The van der Waals surface area contributed by atoms with E-state index < -0.39 is 18.0 Å². The van der Waals surface area contributed by atoms with Crippen molar-refractivity contribution in [2.45, 2.75) is 26.3 Å². The van der Waals surface area contributed by atoms with Crippen LogP contribution in [0.1, 0.15) is 20.3 Å². The Bertz CT molecular complexity index is 239. The molecule has 0 aromatic carbocycles. The van der Waals surface area contributed by atoms with Crippen molar-refractivity contribution in [2.24, 2.45) is 5.92 Å². The van der Waals surface area contributed by atoms with Crippen molar-refractivity contribution < 1.29 is 14.7 Å². The summed E-state index contributed by atoms with van der Waals surface area (Å²) in [4.78, 5) is 21.9. The van der Waals surface area contributed by atoms with E-state index in [1.165, 1.54) is 6.08 Å². The topological polar surface area (TPSA) is 78.4 Å². The number of urea groups is 1. The quantitative estimate of drug-likeness (QED) is 0.576. The molecule has 0 bridgehead atoms. The minimum absolute atomic E-state index is 0.213. The second-order valence-electron chi connectivity index (χ2n) is 3.66. The first-order valence-corrected chi connectivity index (χ1v) is 4.85. The SMILES string of the molecule is C=CCC(NC(=O)NCC(C)C)C(=O)O. The van der Waals surface area contributed by atoms with Crippen LogP contribution in [-0.2, 0) is 4.79 Å². The van der Waals surface area contributed by atoms with Gasteiger partial charge in [0.05, 0.1) is 0 Å². The van der Waals surface area contributed by atoms with Gasteiger partial charge in [0.2, 0.25) is 0 Å². The first kappa shape index (κ1) is 13.5. The minimum atomic E-state index is -1.06. The zero-order valence-electron chi connectivity index (χ0n) is 9.12. The van der Waals surface area contributed by atoms with E-state index in [2.05, 4.69) is 17.2 Å². The van der Waals surface area contributed by atoms with E-state index in [-0.39, 0.29) is 6.42 Å². The summed E-state index contributed by atoms with van der Waals surface area (Å²) in [5, 5.41) is 13.7. The van der Waals surface area contributed by atoms with Gasteiger partial charge in [-0.1, -0.05) is 19.9 Å². The van der Waals surface area contributed by atoms with Crippen molar-refractivity contribution in [1.82, 2.24) is 10.6 Å². The molecule has 3 N–H and O–H groups in total. The predicted molar refractivity (Wildman–Crippen MR) is 57.6 cm³/mol. The number of hydrogen-bond donors (Lipinski definition) is 3. The highest BCUT2D eigenvalue weighted by Crippen LogP contribution is 1.93. The molecule has 0 aromatic rings. The average Bonchev–Trinajstić information content (AvgIpc) is 2.14. The van der Waals surface area contributed by atoms with Crippen molar-refractivity contribution in [3.8, 4) is 0 Å². The van der Waals surface area contributed by atoms with E-state index >= 15 is 0 Å². The predicted octanol–water partition coefficient (Wildman–Crippen LogP) is 0.971.